The van der Waals surface area contributed by atoms with E-state index in [9.17, 15) is 14.4 Å². The standard InChI is InChI=1S/C13H21N3O3/c14-10-6-4-2-1-3-5-7-11(17)15-8-9-16-13(19)12(10)18/h6H,1-5,7-9,14H2,(H,15,17)(H,16,19). The van der Waals surface area contributed by atoms with E-state index in [0.29, 0.717) is 19.4 Å². The van der Waals surface area contributed by atoms with Crippen LogP contribution in [0.2, 0.25) is 0 Å². The second kappa shape index (κ2) is 8.29. The number of Topliss-reactive ketones (excluding diaryl/α,β-unsaturated/α-hetero) is 1. The molecule has 0 aromatic rings. The largest absolute Gasteiger partial charge is 0.396 e. The third-order valence-corrected chi connectivity index (χ3v) is 2.92. The monoisotopic (exact) mass is 267 g/mol. The van der Waals surface area contributed by atoms with Crippen LogP contribution in [0.5, 0.6) is 0 Å². The van der Waals surface area contributed by atoms with Crippen LogP contribution in [0.15, 0.2) is 11.8 Å². The van der Waals surface area contributed by atoms with Crippen LogP contribution < -0.4 is 16.4 Å². The highest BCUT2D eigenvalue weighted by atomic mass is 16.2. The Morgan fingerprint density at radius 2 is 1.63 bits per heavy atom. The summed E-state index contributed by atoms with van der Waals surface area (Å²) in [7, 11) is 0. The number of nitrogens with two attached hydrogens (primary N) is 1. The van der Waals surface area contributed by atoms with Crippen molar-refractivity contribution in [2.45, 2.75) is 38.5 Å². The summed E-state index contributed by atoms with van der Waals surface area (Å²) in [6.07, 6.45) is 6.50. The molecule has 0 aromatic heterocycles. The topological polar surface area (TPSA) is 101 Å². The predicted octanol–water partition coefficient (Wildman–Crippen LogP) is -0.0153. The minimum Gasteiger partial charge on any atom is -0.396 e. The Kier molecular flexibility index (Phi) is 6.63. The van der Waals surface area contributed by atoms with Crippen LogP contribution in [0, 0.1) is 0 Å². The molecule has 0 saturated heterocycles. The molecular formula is C13H21N3O3. The lowest BCUT2D eigenvalue weighted by Crippen LogP contribution is -2.39. The molecule has 6 heteroatoms. The van der Waals surface area contributed by atoms with Gasteiger partial charge in [-0.1, -0.05) is 18.9 Å². The highest BCUT2D eigenvalue weighted by Gasteiger charge is 2.15. The molecule has 0 atom stereocenters. The Hall–Kier alpha value is -1.85. The zero-order chi connectivity index (χ0) is 14.1. The number of ketones is 1. The quantitative estimate of drug-likeness (QED) is 0.537. The molecule has 1 rings (SSSR count). The lowest BCUT2D eigenvalue weighted by atomic mass is 10.1. The van der Waals surface area contributed by atoms with Crippen LogP contribution in [-0.4, -0.2) is 30.7 Å². The van der Waals surface area contributed by atoms with Crippen LogP contribution in [-0.2, 0) is 14.4 Å². The van der Waals surface area contributed by atoms with Crippen molar-refractivity contribution in [3.8, 4) is 0 Å². The molecule has 0 saturated carbocycles. The normalized spacial score (nSPS) is 20.6. The number of amides is 2. The molecule has 106 valence electrons. The number of rotatable bonds is 0. The van der Waals surface area contributed by atoms with Crippen LogP contribution in [0.4, 0.5) is 0 Å². The smallest absolute Gasteiger partial charge is 0.294 e. The van der Waals surface area contributed by atoms with Gasteiger partial charge in [-0.05, 0) is 19.3 Å². The van der Waals surface area contributed by atoms with Gasteiger partial charge in [-0.3, -0.25) is 14.4 Å². The van der Waals surface area contributed by atoms with Gasteiger partial charge in [0.15, 0.2) is 0 Å². The van der Waals surface area contributed by atoms with Crippen molar-refractivity contribution in [3.63, 3.8) is 0 Å². The van der Waals surface area contributed by atoms with Gasteiger partial charge in [-0.15, -0.1) is 0 Å². The number of carbonyl (C=O) groups excluding carboxylic acids is 3. The first-order valence-electron chi connectivity index (χ1n) is 6.66. The summed E-state index contributed by atoms with van der Waals surface area (Å²) in [4.78, 5) is 34.4. The Labute approximate surface area is 112 Å². The predicted molar refractivity (Wildman–Crippen MR) is 71.0 cm³/mol. The first kappa shape index (κ1) is 15.2. The highest BCUT2D eigenvalue weighted by Crippen LogP contribution is 2.07. The molecule has 0 bridgehead atoms. The Morgan fingerprint density at radius 3 is 2.42 bits per heavy atom. The Bertz CT molecular complexity index is 377. The van der Waals surface area contributed by atoms with Crippen LogP contribution in [0.1, 0.15) is 38.5 Å². The summed E-state index contributed by atoms with van der Waals surface area (Å²) in [5.74, 6) is -1.45. The van der Waals surface area contributed by atoms with Crippen LogP contribution in [0.25, 0.3) is 0 Å². The lowest BCUT2D eigenvalue weighted by molar-refractivity contribution is -0.135. The van der Waals surface area contributed by atoms with E-state index in [1.54, 1.807) is 6.08 Å². The average molecular weight is 267 g/mol. The summed E-state index contributed by atoms with van der Waals surface area (Å²) in [6.45, 7) is 0.547. The molecule has 0 fully saturated rings. The van der Waals surface area contributed by atoms with Gasteiger partial charge in [0.25, 0.3) is 11.7 Å². The molecule has 0 aromatic carbocycles. The molecule has 0 spiro atoms. The van der Waals surface area contributed by atoms with E-state index < -0.39 is 11.7 Å². The van der Waals surface area contributed by atoms with Crippen molar-refractivity contribution < 1.29 is 14.4 Å². The van der Waals surface area contributed by atoms with Crippen molar-refractivity contribution in [1.29, 1.82) is 0 Å². The van der Waals surface area contributed by atoms with Crippen molar-refractivity contribution in [1.82, 2.24) is 10.6 Å². The van der Waals surface area contributed by atoms with Gasteiger partial charge >= 0.3 is 0 Å². The van der Waals surface area contributed by atoms with Crippen molar-refractivity contribution >= 4 is 17.6 Å². The summed E-state index contributed by atoms with van der Waals surface area (Å²) in [5.41, 5.74) is 5.55. The third-order valence-electron chi connectivity index (χ3n) is 2.92. The van der Waals surface area contributed by atoms with Crippen molar-refractivity contribution in [2.75, 3.05) is 13.1 Å². The number of hydrogen-bond donors (Lipinski definition) is 3. The Morgan fingerprint density at radius 1 is 0.947 bits per heavy atom. The van der Waals surface area contributed by atoms with Crippen molar-refractivity contribution in [2.24, 2.45) is 5.73 Å². The molecule has 4 N–H and O–H groups in total. The first-order chi connectivity index (χ1) is 9.11. The number of allylic oxidation sites excluding steroid dienone is 1. The van der Waals surface area contributed by atoms with E-state index in [-0.39, 0.29) is 18.1 Å². The highest BCUT2D eigenvalue weighted by molar-refractivity contribution is 6.42. The van der Waals surface area contributed by atoms with E-state index in [2.05, 4.69) is 10.6 Å². The number of nitrogens with one attached hydrogen (secondary N) is 2. The summed E-state index contributed by atoms with van der Waals surface area (Å²) in [5, 5.41) is 5.12. The van der Waals surface area contributed by atoms with E-state index >= 15 is 0 Å². The molecule has 0 aliphatic carbocycles. The minimum absolute atomic E-state index is 0.00333. The van der Waals surface area contributed by atoms with Gasteiger partial charge in [0.1, 0.15) is 0 Å². The maximum absolute atomic E-state index is 11.6. The second-order valence-electron chi connectivity index (χ2n) is 4.55. The molecule has 6 nitrogen and oxygen atoms in total. The minimum atomic E-state index is -0.724. The third kappa shape index (κ3) is 6.03. The van der Waals surface area contributed by atoms with Crippen LogP contribution in [0.3, 0.4) is 0 Å². The maximum Gasteiger partial charge on any atom is 0.294 e. The molecule has 1 aliphatic heterocycles. The number of carbonyl (C=O) groups is 3. The zero-order valence-corrected chi connectivity index (χ0v) is 11.0. The fourth-order valence-electron chi connectivity index (χ4n) is 1.81. The zero-order valence-electron chi connectivity index (χ0n) is 11.0. The van der Waals surface area contributed by atoms with Gasteiger partial charge in [0.2, 0.25) is 5.91 Å². The Balaban J connectivity index is 2.55. The fourth-order valence-corrected chi connectivity index (χ4v) is 1.81. The molecule has 1 heterocycles. The molecular weight excluding hydrogens is 246 g/mol. The summed E-state index contributed by atoms with van der Waals surface area (Å²) >= 11 is 0. The van der Waals surface area contributed by atoms with Crippen LogP contribution >= 0.6 is 0 Å². The number of hydrogen-bond acceptors (Lipinski definition) is 4. The summed E-state index contributed by atoms with van der Waals surface area (Å²) < 4.78 is 0. The van der Waals surface area contributed by atoms with E-state index in [1.807, 2.05) is 0 Å². The summed E-state index contributed by atoms with van der Waals surface area (Å²) in [6, 6.07) is 0. The maximum atomic E-state index is 11.6. The SMILES string of the molecule is NC1=CCCCCCCC(=O)NCCNC(=O)C1=O. The van der Waals surface area contributed by atoms with E-state index in [0.717, 1.165) is 25.7 Å². The van der Waals surface area contributed by atoms with Gasteiger partial charge in [0.05, 0.1) is 5.70 Å². The van der Waals surface area contributed by atoms with Crippen molar-refractivity contribution in [3.05, 3.63) is 11.8 Å². The molecule has 1 aliphatic rings. The van der Waals surface area contributed by atoms with Gasteiger partial charge in [0, 0.05) is 19.5 Å². The molecule has 0 radical (unpaired) electrons. The molecule has 2 amide bonds. The van der Waals surface area contributed by atoms with E-state index in [4.69, 9.17) is 5.73 Å². The first-order valence-corrected chi connectivity index (χ1v) is 6.66. The fraction of sp³-hybridized carbons (Fsp3) is 0.615. The van der Waals surface area contributed by atoms with E-state index in [1.165, 1.54) is 0 Å². The molecule has 0 unspecified atom stereocenters. The molecule has 19 heavy (non-hydrogen) atoms. The lowest BCUT2D eigenvalue weighted by Gasteiger charge is -2.06. The second-order valence-corrected chi connectivity index (χ2v) is 4.55. The van der Waals surface area contributed by atoms with Gasteiger partial charge < -0.3 is 16.4 Å². The van der Waals surface area contributed by atoms with Gasteiger partial charge in [-0.25, -0.2) is 0 Å². The van der Waals surface area contributed by atoms with Gasteiger partial charge in [-0.2, -0.15) is 0 Å². The average Bonchev–Trinajstić information content (AvgIpc) is 2.40.